The lowest BCUT2D eigenvalue weighted by Gasteiger charge is -2.24. The van der Waals surface area contributed by atoms with Crippen molar-refractivity contribution in [2.24, 2.45) is 16.7 Å². The summed E-state index contributed by atoms with van der Waals surface area (Å²) < 4.78 is 5.28. The van der Waals surface area contributed by atoms with E-state index in [-0.39, 0.29) is 17.3 Å². The van der Waals surface area contributed by atoms with E-state index in [1.165, 1.54) is 0 Å². The molecule has 1 aliphatic heterocycles. The molecule has 2 N–H and O–H groups in total. The van der Waals surface area contributed by atoms with Crippen molar-refractivity contribution in [2.45, 2.75) is 39.7 Å². The van der Waals surface area contributed by atoms with Crippen LogP contribution in [0.4, 0.5) is 0 Å². The molecular weight excluding hydrogens is 234 g/mol. The number of nitrogens with one attached hydrogen (secondary N) is 1. The van der Waals surface area contributed by atoms with Crippen molar-refractivity contribution >= 4 is 11.9 Å². The van der Waals surface area contributed by atoms with Crippen LogP contribution >= 0.6 is 0 Å². The number of esters is 1. The SMILES string of the molecule is CCCCOC(=O)C12C(C(=O)O)NCC1C2(C)C. The number of carbonyl (C=O) groups is 2. The van der Waals surface area contributed by atoms with Crippen LogP contribution in [0.2, 0.25) is 0 Å². The average molecular weight is 255 g/mol. The third kappa shape index (κ3) is 1.49. The van der Waals surface area contributed by atoms with Crippen molar-refractivity contribution in [2.75, 3.05) is 13.2 Å². The molecule has 0 aromatic carbocycles. The first kappa shape index (κ1) is 13.3. The number of piperidine rings is 1. The number of carbonyl (C=O) groups excluding carboxylic acids is 1. The molecule has 2 aliphatic rings. The van der Waals surface area contributed by atoms with Crippen molar-refractivity contribution in [1.29, 1.82) is 0 Å². The molecule has 0 aromatic rings. The maximum absolute atomic E-state index is 12.3. The highest BCUT2D eigenvalue weighted by Gasteiger charge is 2.83. The van der Waals surface area contributed by atoms with Gasteiger partial charge in [-0.3, -0.25) is 9.59 Å². The van der Waals surface area contributed by atoms with Crippen LogP contribution < -0.4 is 5.32 Å². The number of ether oxygens (including phenoxy) is 1. The molecular formula is C13H21NO4. The Bertz CT molecular complexity index is 379. The zero-order valence-corrected chi connectivity index (χ0v) is 11.2. The summed E-state index contributed by atoms with van der Waals surface area (Å²) in [5.74, 6) is -1.24. The van der Waals surface area contributed by atoms with Gasteiger partial charge in [0.05, 0.1) is 6.61 Å². The van der Waals surface area contributed by atoms with Crippen molar-refractivity contribution in [3.63, 3.8) is 0 Å². The number of carboxylic acids is 1. The largest absolute Gasteiger partial charge is 0.480 e. The number of hydrogen-bond donors (Lipinski definition) is 2. The van der Waals surface area contributed by atoms with Crippen LogP contribution in [-0.2, 0) is 14.3 Å². The predicted octanol–water partition coefficient (Wildman–Crippen LogP) is 1.03. The fourth-order valence-corrected chi connectivity index (χ4v) is 3.53. The second-order valence-electron chi connectivity index (χ2n) is 5.81. The number of hydrogen-bond acceptors (Lipinski definition) is 4. The highest BCUT2D eigenvalue weighted by molar-refractivity contribution is 5.92. The minimum absolute atomic E-state index is 0.0697. The fraction of sp³-hybridized carbons (Fsp3) is 0.846. The van der Waals surface area contributed by atoms with Crippen LogP contribution in [0.3, 0.4) is 0 Å². The quantitative estimate of drug-likeness (QED) is 0.567. The maximum atomic E-state index is 12.3. The van der Waals surface area contributed by atoms with Gasteiger partial charge in [0.1, 0.15) is 11.5 Å². The topological polar surface area (TPSA) is 75.6 Å². The van der Waals surface area contributed by atoms with Crippen LogP contribution in [0, 0.1) is 16.7 Å². The van der Waals surface area contributed by atoms with Crippen molar-refractivity contribution < 1.29 is 19.4 Å². The molecule has 2 fully saturated rings. The summed E-state index contributed by atoms with van der Waals surface area (Å²) in [6.45, 7) is 6.89. The molecule has 3 unspecified atom stereocenters. The monoisotopic (exact) mass is 255 g/mol. The van der Waals surface area contributed by atoms with Crippen LogP contribution in [0.15, 0.2) is 0 Å². The first-order valence-electron chi connectivity index (χ1n) is 6.54. The Morgan fingerprint density at radius 1 is 1.44 bits per heavy atom. The minimum Gasteiger partial charge on any atom is -0.480 e. The minimum atomic E-state index is -0.962. The lowest BCUT2D eigenvalue weighted by molar-refractivity contribution is -0.158. The Morgan fingerprint density at radius 2 is 2.11 bits per heavy atom. The molecule has 0 radical (unpaired) electrons. The molecule has 102 valence electrons. The van der Waals surface area contributed by atoms with Gasteiger partial charge >= 0.3 is 11.9 Å². The molecule has 0 amide bonds. The van der Waals surface area contributed by atoms with E-state index in [4.69, 9.17) is 4.74 Å². The zero-order chi connectivity index (χ0) is 13.6. The number of unbranched alkanes of at least 4 members (excludes halogenated alkanes) is 1. The number of fused-ring (bicyclic) bond motifs is 1. The number of aliphatic carboxylic acids is 1. The standard InChI is InChI=1S/C13H21NO4/c1-4-5-6-18-11(17)13-8(12(13,2)3)7-14-9(13)10(15)16/h8-9,14H,4-7H2,1-3H3,(H,15,16). The molecule has 3 atom stereocenters. The molecule has 18 heavy (non-hydrogen) atoms. The van der Waals surface area contributed by atoms with E-state index in [1.54, 1.807) is 0 Å². The van der Waals surface area contributed by atoms with Gasteiger partial charge in [-0.05, 0) is 17.8 Å². The van der Waals surface area contributed by atoms with Gasteiger partial charge < -0.3 is 15.2 Å². The van der Waals surface area contributed by atoms with Crippen LogP contribution in [0.1, 0.15) is 33.6 Å². The summed E-state index contributed by atoms with van der Waals surface area (Å²) in [6.07, 6.45) is 1.77. The summed E-state index contributed by atoms with van der Waals surface area (Å²) in [6, 6.07) is -0.813. The van der Waals surface area contributed by atoms with Crippen molar-refractivity contribution in [1.82, 2.24) is 5.32 Å². The van der Waals surface area contributed by atoms with Gasteiger partial charge in [0.25, 0.3) is 0 Å². The second kappa shape index (κ2) is 4.23. The maximum Gasteiger partial charge on any atom is 0.321 e. The van der Waals surface area contributed by atoms with E-state index in [2.05, 4.69) is 5.32 Å². The Kier molecular flexibility index (Phi) is 3.13. The summed E-state index contributed by atoms with van der Waals surface area (Å²) >= 11 is 0. The molecule has 0 aromatic heterocycles. The molecule has 0 bridgehead atoms. The van der Waals surface area contributed by atoms with Gasteiger partial charge in [-0.2, -0.15) is 0 Å². The fourth-order valence-electron chi connectivity index (χ4n) is 3.53. The van der Waals surface area contributed by atoms with Gasteiger partial charge in [-0.1, -0.05) is 27.2 Å². The summed E-state index contributed by atoms with van der Waals surface area (Å²) in [5, 5.41) is 12.2. The molecule has 5 heteroatoms. The normalized spacial score (nSPS) is 35.9. The first-order chi connectivity index (χ1) is 8.40. The molecule has 1 heterocycles. The Balaban J connectivity index is 2.16. The van der Waals surface area contributed by atoms with E-state index in [9.17, 15) is 14.7 Å². The Morgan fingerprint density at radius 3 is 2.61 bits per heavy atom. The number of carboxylic acid groups (broad SMARTS) is 1. The van der Waals surface area contributed by atoms with Gasteiger partial charge in [-0.15, -0.1) is 0 Å². The Labute approximate surface area is 107 Å². The third-order valence-electron chi connectivity index (χ3n) is 4.70. The molecule has 2 rings (SSSR count). The number of rotatable bonds is 5. The molecule has 0 spiro atoms. The van der Waals surface area contributed by atoms with Crippen LogP contribution in [0.5, 0.6) is 0 Å². The first-order valence-corrected chi connectivity index (χ1v) is 6.54. The highest BCUT2D eigenvalue weighted by Crippen LogP contribution is 2.73. The van der Waals surface area contributed by atoms with E-state index in [1.807, 2.05) is 20.8 Å². The summed E-state index contributed by atoms with van der Waals surface area (Å²) in [4.78, 5) is 23.6. The average Bonchev–Trinajstić information content (AvgIpc) is 2.64. The second-order valence-corrected chi connectivity index (χ2v) is 5.81. The van der Waals surface area contributed by atoms with Crippen LogP contribution in [-0.4, -0.2) is 36.2 Å². The molecule has 5 nitrogen and oxygen atoms in total. The zero-order valence-electron chi connectivity index (χ0n) is 11.2. The van der Waals surface area contributed by atoms with Gasteiger partial charge in [0.15, 0.2) is 0 Å². The predicted molar refractivity (Wildman–Crippen MR) is 65.0 cm³/mol. The third-order valence-corrected chi connectivity index (χ3v) is 4.70. The van der Waals surface area contributed by atoms with E-state index >= 15 is 0 Å². The van der Waals surface area contributed by atoms with Crippen LogP contribution in [0.25, 0.3) is 0 Å². The van der Waals surface area contributed by atoms with Crippen molar-refractivity contribution in [3.05, 3.63) is 0 Å². The van der Waals surface area contributed by atoms with E-state index < -0.39 is 17.4 Å². The van der Waals surface area contributed by atoms with Gasteiger partial charge in [0, 0.05) is 6.54 Å². The summed E-state index contributed by atoms with van der Waals surface area (Å²) in [7, 11) is 0. The van der Waals surface area contributed by atoms with Gasteiger partial charge in [-0.25, -0.2) is 0 Å². The smallest absolute Gasteiger partial charge is 0.321 e. The molecule has 1 saturated carbocycles. The molecule has 1 saturated heterocycles. The summed E-state index contributed by atoms with van der Waals surface area (Å²) in [5.41, 5.74) is -1.16. The van der Waals surface area contributed by atoms with E-state index in [0.717, 1.165) is 12.8 Å². The van der Waals surface area contributed by atoms with E-state index in [0.29, 0.717) is 13.2 Å². The van der Waals surface area contributed by atoms with Gasteiger partial charge in [0.2, 0.25) is 0 Å². The highest BCUT2D eigenvalue weighted by atomic mass is 16.5. The Hall–Kier alpha value is -1.10. The molecule has 1 aliphatic carbocycles. The lowest BCUT2D eigenvalue weighted by Crippen LogP contribution is -2.47. The van der Waals surface area contributed by atoms with Crippen molar-refractivity contribution in [3.8, 4) is 0 Å². The lowest BCUT2D eigenvalue weighted by atomic mass is 9.88.